The Morgan fingerprint density at radius 1 is 0.714 bits per heavy atom. The van der Waals surface area contributed by atoms with Crippen LogP contribution < -0.4 is 0 Å². The van der Waals surface area contributed by atoms with Crippen molar-refractivity contribution in [1.29, 1.82) is 0 Å². The highest BCUT2D eigenvalue weighted by atomic mass is 16.3. The molecule has 0 fully saturated rings. The van der Waals surface area contributed by atoms with Crippen molar-refractivity contribution in [3.05, 3.63) is 186 Å². The molecule has 0 aliphatic carbocycles. The number of hydrogen-bond donors (Lipinski definition) is 1. The molecule has 0 radical (unpaired) electrons. The number of aliphatic hydroxyl groups is 1. The van der Waals surface area contributed by atoms with Gasteiger partial charge >= 0.3 is 0 Å². The number of nitrogens with zero attached hydrogens (tertiary/aromatic N) is 6. The molecule has 2 aromatic heterocycles. The Morgan fingerprint density at radius 3 is 1.80 bits per heavy atom. The van der Waals surface area contributed by atoms with Crippen LogP contribution in [0.1, 0.15) is 52.8 Å². The summed E-state index contributed by atoms with van der Waals surface area (Å²) >= 11 is 0. The quantitative estimate of drug-likeness (QED) is 0.136. The van der Waals surface area contributed by atoms with Gasteiger partial charge in [0.1, 0.15) is 11.4 Å². The van der Waals surface area contributed by atoms with Crippen LogP contribution in [0.3, 0.4) is 0 Å². The largest absolute Gasteiger partial charge is 0.390 e. The van der Waals surface area contributed by atoms with E-state index in [1.54, 1.807) is 6.08 Å². The predicted octanol–water partition coefficient (Wildman–Crippen LogP) is 8.18. The number of tetrazole rings is 1. The summed E-state index contributed by atoms with van der Waals surface area (Å²) in [5, 5.41) is 23.9. The lowest BCUT2D eigenvalue weighted by atomic mass is 9.77. The highest BCUT2D eigenvalue weighted by Crippen LogP contribution is 2.43. The Morgan fingerprint density at radius 2 is 1.27 bits per heavy atom. The molecule has 2 heterocycles. The van der Waals surface area contributed by atoms with Crippen LogP contribution in [0, 0.1) is 0 Å². The number of benzene rings is 5. The van der Waals surface area contributed by atoms with Gasteiger partial charge in [0.2, 0.25) is 0 Å². The fraction of sp³-hybridized carbons (Fsp3) is 0.143. The van der Waals surface area contributed by atoms with Crippen molar-refractivity contribution in [2.24, 2.45) is 0 Å². The van der Waals surface area contributed by atoms with Crippen LogP contribution in [0.15, 0.2) is 146 Å². The highest BCUT2D eigenvalue weighted by Gasteiger charge is 2.42. The first-order chi connectivity index (χ1) is 24.2. The zero-order valence-corrected chi connectivity index (χ0v) is 27.5. The van der Waals surface area contributed by atoms with Gasteiger partial charge in [-0.15, -0.1) is 5.10 Å². The van der Waals surface area contributed by atoms with Crippen molar-refractivity contribution >= 4 is 6.08 Å². The molecule has 5 aromatic carbocycles. The average molecular weight is 643 g/mol. The minimum absolute atomic E-state index is 0.0886. The molecule has 0 aliphatic heterocycles. The summed E-state index contributed by atoms with van der Waals surface area (Å²) in [6, 6.07) is 48.2. The smallest absolute Gasteiger partial charge is 0.184 e. The van der Waals surface area contributed by atoms with Crippen molar-refractivity contribution in [3.8, 4) is 22.5 Å². The molecule has 7 rings (SSSR count). The third-order valence-electron chi connectivity index (χ3n) is 9.13. The van der Waals surface area contributed by atoms with Crippen LogP contribution in [0.5, 0.6) is 0 Å². The number of imidazole rings is 1. The zero-order valence-electron chi connectivity index (χ0n) is 27.5. The minimum Gasteiger partial charge on any atom is -0.390 e. The van der Waals surface area contributed by atoms with Gasteiger partial charge in [-0.25, -0.2) is 9.67 Å². The summed E-state index contributed by atoms with van der Waals surface area (Å²) in [5.41, 5.74) is 7.93. The monoisotopic (exact) mass is 642 g/mol. The first kappa shape index (κ1) is 31.7. The predicted molar refractivity (Wildman–Crippen MR) is 195 cm³/mol. The summed E-state index contributed by atoms with van der Waals surface area (Å²) in [4.78, 5) is 4.75. The van der Waals surface area contributed by atoms with Crippen LogP contribution in [0.2, 0.25) is 0 Å². The van der Waals surface area contributed by atoms with E-state index in [-0.39, 0.29) is 6.61 Å². The zero-order chi connectivity index (χ0) is 33.6. The van der Waals surface area contributed by atoms with Gasteiger partial charge in [0.15, 0.2) is 5.82 Å². The van der Waals surface area contributed by atoms with E-state index in [0.717, 1.165) is 69.0 Å². The summed E-state index contributed by atoms with van der Waals surface area (Å²) in [6.07, 6.45) is 3.52. The lowest BCUT2D eigenvalue weighted by Crippen LogP contribution is -2.39. The van der Waals surface area contributed by atoms with Crippen molar-refractivity contribution in [3.63, 3.8) is 0 Å². The summed E-state index contributed by atoms with van der Waals surface area (Å²) in [7, 11) is 0. The van der Waals surface area contributed by atoms with Crippen molar-refractivity contribution in [2.75, 3.05) is 0 Å². The highest BCUT2D eigenvalue weighted by molar-refractivity contribution is 5.81. The molecule has 0 amide bonds. The maximum Gasteiger partial charge on any atom is 0.184 e. The Balaban J connectivity index is 1.35. The number of aliphatic hydroxyl groups excluding tert-OH is 1. The van der Waals surface area contributed by atoms with Gasteiger partial charge in [-0.1, -0.05) is 153 Å². The molecule has 7 nitrogen and oxygen atoms in total. The first-order valence-corrected chi connectivity index (χ1v) is 16.6. The molecule has 49 heavy (non-hydrogen) atoms. The molecular weight excluding hydrogens is 605 g/mol. The van der Waals surface area contributed by atoms with E-state index < -0.39 is 5.54 Å². The van der Waals surface area contributed by atoms with Gasteiger partial charge in [0.25, 0.3) is 0 Å². The van der Waals surface area contributed by atoms with E-state index in [2.05, 4.69) is 132 Å². The maximum absolute atomic E-state index is 10.2. The molecule has 0 unspecified atom stereocenters. The van der Waals surface area contributed by atoms with Crippen molar-refractivity contribution < 1.29 is 5.11 Å². The van der Waals surface area contributed by atoms with Crippen molar-refractivity contribution in [1.82, 2.24) is 29.8 Å². The molecule has 0 saturated carbocycles. The molecule has 7 aromatic rings. The molecular formula is C42H38N6O. The molecule has 0 spiro atoms. The van der Waals surface area contributed by atoms with E-state index in [9.17, 15) is 5.11 Å². The topological polar surface area (TPSA) is 81.7 Å². The van der Waals surface area contributed by atoms with E-state index in [4.69, 9.17) is 15.3 Å². The first-order valence-electron chi connectivity index (χ1n) is 16.6. The SMILES string of the molecule is C=Cc1nc(CCC)n(Cc2ccc(-c3ccccc3-c3nnnn3C(c3ccccc3)(c3ccccc3)c3ccccc3)cc2)c1CO. The second-order valence-corrected chi connectivity index (χ2v) is 12.0. The second-order valence-electron chi connectivity index (χ2n) is 12.0. The summed E-state index contributed by atoms with van der Waals surface area (Å²) in [5.74, 6) is 1.62. The Kier molecular flexibility index (Phi) is 9.08. The van der Waals surface area contributed by atoms with Gasteiger partial charge in [-0.05, 0) is 56.3 Å². The standard InChI is InChI=1S/C42H38N6O/c1-3-16-40-43-38(4-2)39(30-49)47(40)29-31-25-27-32(28-26-31)36-23-14-15-24-37(36)41-44-45-46-48(41)42(33-17-8-5-9-18-33,34-19-10-6-11-20-34)35-21-12-7-13-22-35/h4-15,17-28,49H,2-3,16,29-30H2,1H3. The van der Waals surface area contributed by atoms with Gasteiger partial charge in [-0.2, -0.15) is 0 Å². The van der Waals surface area contributed by atoms with Crippen molar-refractivity contribution in [2.45, 2.75) is 38.5 Å². The van der Waals surface area contributed by atoms with E-state index >= 15 is 0 Å². The molecule has 1 N–H and O–H groups in total. The second kappa shape index (κ2) is 14.1. The Labute approximate surface area is 286 Å². The van der Waals surface area contributed by atoms with E-state index in [1.807, 2.05) is 35.0 Å². The van der Waals surface area contributed by atoms with Crippen LogP contribution in [0.25, 0.3) is 28.6 Å². The number of aromatic nitrogens is 6. The van der Waals surface area contributed by atoms with E-state index in [1.165, 1.54) is 0 Å². The van der Waals surface area contributed by atoms with Crippen LogP contribution in [-0.2, 0) is 25.1 Å². The summed E-state index contributed by atoms with van der Waals surface area (Å²) < 4.78 is 4.09. The van der Waals surface area contributed by atoms with Crippen LogP contribution in [-0.4, -0.2) is 34.9 Å². The van der Waals surface area contributed by atoms with Gasteiger partial charge in [0.05, 0.1) is 18.0 Å². The average Bonchev–Trinajstić information content (AvgIpc) is 3.79. The normalized spacial score (nSPS) is 11.5. The Bertz CT molecular complexity index is 2060. The lowest BCUT2D eigenvalue weighted by molar-refractivity contribution is 0.270. The molecule has 0 bridgehead atoms. The fourth-order valence-electron chi connectivity index (χ4n) is 6.88. The van der Waals surface area contributed by atoms with E-state index in [0.29, 0.717) is 12.4 Å². The lowest BCUT2D eigenvalue weighted by Gasteiger charge is -2.36. The fourth-order valence-corrected chi connectivity index (χ4v) is 6.88. The molecule has 0 saturated heterocycles. The number of aryl methyl sites for hydroxylation is 1. The number of rotatable bonds is 12. The molecule has 0 atom stereocenters. The Hall–Kier alpha value is -5.92. The van der Waals surface area contributed by atoms with Gasteiger partial charge < -0.3 is 9.67 Å². The van der Waals surface area contributed by atoms with Gasteiger partial charge in [0, 0.05) is 18.5 Å². The summed E-state index contributed by atoms with van der Waals surface area (Å²) in [6.45, 7) is 6.56. The van der Waals surface area contributed by atoms with Crippen LogP contribution >= 0.6 is 0 Å². The molecule has 242 valence electrons. The van der Waals surface area contributed by atoms with Crippen LogP contribution in [0.4, 0.5) is 0 Å². The third-order valence-corrected chi connectivity index (χ3v) is 9.13. The number of hydrogen-bond acceptors (Lipinski definition) is 5. The third kappa shape index (κ3) is 5.79. The van der Waals surface area contributed by atoms with Gasteiger partial charge in [-0.3, -0.25) is 0 Å². The molecule has 7 heteroatoms. The maximum atomic E-state index is 10.2. The minimum atomic E-state index is -0.852. The molecule has 0 aliphatic rings.